The quantitative estimate of drug-likeness (QED) is 0.365. The Morgan fingerprint density at radius 3 is 2.36 bits per heavy atom. The molecule has 0 saturated heterocycles. The molecule has 0 aliphatic heterocycles. The van der Waals surface area contributed by atoms with Crippen LogP contribution in [-0.4, -0.2) is 31.7 Å². The highest BCUT2D eigenvalue weighted by atomic mass is 19.1. The Bertz CT molecular complexity index is 1100. The summed E-state index contributed by atoms with van der Waals surface area (Å²) in [5.74, 6) is -0.0566. The van der Waals surface area contributed by atoms with Crippen molar-refractivity contribution in [3.8, 4) is 11.5 Å². The molecule has 3 rings (SSSR count). The van der Waals surface area contributed by atoms with E-state index in [4.69, 9.17) is 9.47 Å². The van der Waals surface area contributed by atoms with Gasteiger partial charge in [0.2, 0.25) is 5.91 Å². The number of amides is 2. The molecule has 7 nitrogen and oxygen atoms in total. The van der Waals surface area contributed by atoms with Crippen LogP contribution in [0.25, 0.3) is 0 Å². The van der Waals surface area contributed by atoms with Crippen molar-refractivity contribution >= 4 is 18.0 Å². The number of ether oxygens (including phenoxy) is 2. The molecule has 0 aliphatic carbocycles. The summed E-state index contributed by atoms with van der Waals surface area (Å²) in [6, 6.07) is 20.5. The molecule has 2 amide bonds. The van der Waals surface area contributed by atoms with Crippen molar-refractivity contribution in [2.24, 2.45) is 5.10 Å². The third-order valence-corrected chi connectivity index (χ3v) is 4.60. The third-order valence-electron chi connectivity index (χ3n) is 4.60. The molecule has 0 unspecified atom stereocenters. The van der Waals surface area contributed by atoms with Crippen molar-refractivity contribution in [1.82, 2.24) is 10.7 Å². The zero-order valence-corrected chi connectivity index (χ0v) is 18.1. The lowest BCUT2D eigenvalue weighted by Crippen LogP contribution is -2.29. The average Bonchev–Trinajstić information content (AvgIpc) is 2.84. The van der Waals surface area contributed by atoms with Crippen LogP contribution in [0.15, 0.2) is 77.9 Å². The lowest BCUT2D eigenvalue weighted by atomic mass is 10.2. The molecule has 8 heteroatoms. The van der Waals surface area contributed by atoms with Gasteiger partial charge in [-0.3, -0.25) is 9.59 Å². The normalized spacial score (nSPS) is 10.6. The van der Waals surface area contributed by atoms with Gasteiger partial charge in [-0.05, 0) is 59.7 Å². The summed E-state index contributed by atoms with van der Waals surface area (Å²) in [5.41, 5.74) is 4.13. The van der Waals surface area contributed by atoms with Gasteiger partial charge >= 0.3 is 0 Å². The van der Waals surface area contributed by atoms with Gasteiger partial charge in [0.15, 0.2) is 0 Å². The van der Waals surface area contributed by atoms with Gasteiger partial charge < -0.3 is 14.8 Å². The first-order valence-corrected chi connectivity index (χ1v) is 10.3. The molecular formula is C25H24FN3O4. The van der Waals surface area contributed by atoms with Crippen LogP contribution >= 0.6 is 0 Å². The molecule has 0 heterocycles. The lowest BCUT2D eigenvalue weighted by molar-refractivity contribution is -0.120. The number of carbonyl (C=O) groups excluding carboxylic acids is 2. The van der Waals surface area contributed by atoms with Crippen LogP contribution in [0.4, 0.5) is 4.39 Å². The highest BCUT2D eigenvalue weighted by Gasteiger charge is 2.10. The maximum absolute atomic E-state index is 13.6. The summed E-state index contributed by atoms with van der Waals surface area (Å²) in [5, 5.41) is 6.40. The van der Waals surface area contributed by atoms with Gasteiger partial charge in [0.1, 0.15) is 23.9 Å². The largest absolute Gasteiger partial charge is 0.497 e. The van der Waals surface area contributed by atoms with Crippen LogP contribution in [0, 0.1) is 5.82 Å². The molecular weight excluding hydrogens is 425 g/mol. The minimum atomic E-state index is -0.610. The van der Waals surface area contributed by atoms with E-state index in [0.717, 1.165) is 16.9 Å². The topological polar surface area (TPSA) is 89.0 Å². The summed E-state index contributed by atoms with van der Waals surface area (Å²) in [6.45, 7) is 0.496. The monoisotopic (exact) mass is 449 g/mol. The number of nitrogens with zero attached hydrogens (tertiary/aromatic N) is 1. The second kappa shape index (κ2) is 12.0. The van der Waals surface area contributed by atoms with Gasteiger partial charge in [-0.1, -0.05) is 24.3 Å². The fraction of sp³-hybridized carbons (Fsp3) is 0.160. The lowest BCUT2D eigenvalue weighted by Gasteiger charge is -2.07. The molecule has 3 aromatic rings. The van der Waals surface area contributed by atoms with E-state index in [2.05, 4.69) is 15.8 Å². The number of rotatable bonds is 10. The Balaban J connectivity index is 1.37. The van der Waals surface area contributed by atoms with Crippen molar-refractivity contribution in [2.75, 3.05) is 13.7 Å². The molecule has 2 N–H and O–H groups in total. The fourth-order valence-corrected chi connectivity index (χ4v) is 2.80. The van der Waals surface area contributed by atoms with Crippen LogP contribution in [0.1, 0.15) is 27.9 Å². The highest BCUT2D eigenvalue weighted by Crippen LogP contribution is 2.16. The number of hydrazone groups is 1. The van der Waals surface area contributed by atoms with Gasteiger partial charge in [-0.15, -0.1) is 0 Å². The van der Waals surface area contributed by atoms with E-state index in [-0.39, 0.29) is 24.4 Å². The summed E-state index contributed by atoms with van der Waals surface area (Å²) >= 11 is 0. The fourth-order valence-electron chi connectivity index (χ4n) is 2.80. The van der Waals surface area contributed by atoms with Gasteiger partial charge in [-0.2, -0.15) is 5.10 Å². The van der Waals surface area contributed by atoms with Gasteiger partial charge in [0, 0.05) is 13.0 Å². The number of hydrogen-bond acceptors (Lipinski definition) is 5. The van der Waals surface area contributed by atoms with E-state index in [9.17, 15) is 14.0 Å². The van der Waals surface area contributed by atoms with E-state index in [1.165, 1.54) is 24.4 Å². The van der Waals surface area contributed by atoms with E-state index >= 15 is 0 Å². The first-order valence-electron chi connectivity index (χ1n) is 10.3. The predicted molar refractivity (Wildman–Crippen MR) is 123 cm³/mol. The number of nitrogens with one attached hydrogen (secondary N) is 2. The zero-order chi connectivity index (χ0) is 23.5. The maximum Gasteiger partial charge on any atom is 0.254 e. The van der Waals surface area contributed by atoms with Crippen molar-refractivity contribution in [2.45, 2.75) is 13.0 Å². The van der Waals surface area contributed by atoms with E-state index < -0.39 is 11.7 Å². The third kappa shape index (κ3) is 7.46. The van der Waals surface area contributed by atoms with E-state index in [0.29, 0.717) is 12.4 Å². The molecule has 0 aromatic heterocycles. The Kier molecular flexibility index (Phi) is 8.53. The van der Waals surface area contributed by atoms with Crippen LogP contribution < -0.4 is 20.2 Å². The zero-order valence-electron chi connectivity index (χ0n) is 18.1. The minimum Gasteiger partial charge on any atom is -0.497 e. The van der Waals surface area contributed by atoms with Crippen molar-refractivity contribution in [1.29, 1.82) is 0 Å². The minimum absolute atomic E-state index is 0.00959. The predicted octanol–water partition coefficient (Wildman–Crippen LogP) is 3.68. The van der Waals surface area contributed by atoms with Crippen LogP contribution in [0.3, 0.4) is 0 Å². The van der Waals surface area contributed by atoms with E-state index in [1.54, 1.807) is 13.2 Å². The smallest absolute Gasteiger partial charge is 0.254 e. The van der Waals surface area contributed by atoms with Crippen LogP contribution in [-0.2, 0) is 11.4 Å². The van der Waals surface area contributed by atoms with Gasteiger partial charge in [0.05, 0.1) is 18.9 Å². The first-order chi connectivity index (χ1) is 16.0. The molecule has 170 valence electrons. The molecule has 0 aliphatic rings. The highest BCUT2D eigenvalue weighted by molar-refractivity contribution is 5.94. The standard InChI is InChI=1S/C25H24FN3O4/c1-32-20-10-8-19(9-11-20)17-33-21-12-6-18(7-13-21)16-28-29-24(30)14-15-27-25(31)22-4-2-3-5-23(22)26/h2-13,16H,14-15,17H2,1H3,(H,27,31)(H,29,30). The molecule has 0 atom stereocenters. The summed E-state index contributed by atoms with van der Waals surface area (Å²) in [6.07, 6.45) is 1.51. The Morgan fingerprint density at radius 2 is 1.67 bits per heavy atom. The van der Waals surface area contributed by atoms with Crippen LogP contribution in [0.5, 0.6) is 11.5 Å². The number of hydrogen-bond donors (Lipinski definition) is 2. The van der Waals surface area contributed by atoms with Gasteiger partial charge in [0.25, 0.3) is 5.91 Å². The number of benzene rings is 3. The molecule has 3 aromatic carbocycles. The SMILES string of the molecule is COc1ccc(COc2ccc(C=NNC(=O)CCNC(=O)c3ccccc3F)cc2)cc1. The molecule has 0 saturated carbocycles. The molecule has 33 heavy (non-hydrogen) atoms. The van der Waals surface area contributed by atoms with Crippen molar-refractivity contribution in [3.05, 3.63) is 95.3 Å². The van der Waals surface area contributed by atoms with E-state index in [1.807, 2.05) is 48.5 Å². The number of carbonyl (C=O) groups is 2. The summed E-state index contributed by atoms with van der Waals surface area (Å²) in [4.78, 5) is 23.8. The Morgan fingerprint density at radius 1 is 0.970 bits per heavy atom. The van der Waals surface area contributed by atoms with Crippen molar-refractivity contribution in [3.63, 3.8) is 0 Å². The second-order valence-electron chi connectivity index (χ2n) is 6.98. The second-order valence-corrected chi connectivity index (χ2v) is 6.98. The molecule has 0 spiro atoms. The number of methoxy groups -OCH3 is 1. The first kappa shape index (κ1) is 23.5. The molecule has 0 bridgehead atoms. The Hall–Kier alpha value is -4.20. The summed E-state index contributed by atoms with van der Waals surface area (Å²) < 4.78 is 24.4. The molecule has 0 radical (unpaired) electrons. The van der Waals surface area contributed by atoms with Crippen LogP contribution in [0.2, 0.25) is 0 Å². The van der Waals surface area contributed by atoms with Crippen molar-refractivity contribution < 1.29 is 23.5 Å². The number of halogens is 1. The molecule has 0 fully saturated rings. The summed E-state index contributed by atoms with van der Waals surface area (Å²) in [7, 11) is 1.62. The average molecular weight is 449 g/mol. The Labute approximate surface area is 191 Å². The maximum atomic E-state index is 13.6. The van der Waals surface area contributed by atoms with Gasteiger partial charge in [-0.25, -0.2) is 9.82 Å².